The van der Waals surface area contributed by atoms with E-state index in [4.69, 9.17) is 0 Å². The van der Waals surface area contributed by atoms with Crippen LogP contribution in [0.4, 0.5) is 0 Å². The normalized spacial score (nSPS) is 12.1. The molecule has 0 aliphatic heterocycles. The molecule has 0 bridgehead atoms. The Morgan fingerprint density at radius 2 is 0.724 bits per heavy atom. The highest BCUT2D eigenvalue weighted by Gasteiger charge is 2.20. The van der Waals surface area contributed by atoms with Gasteiger partial charge in [-0.05, 0) is 109 Å². The molecule has 0 atom stereocenters. The molecule has 0 fully saturated rings. The fraction of sp³-hybridized carbons (Fsp3) is 0. The minimum absolute atomic E-state index is 1.18. The second-order valence-corrected chi connectivity index (χ2v) is 15.7. The Kier molecular flexibility index (Phi) is 6.47. The standard InChI is InChI=1S/C56H34N2/c1-2-14-38-31-42(27-23-35(38)11-1)57-50-19-9-7-17-45(50)48-32-39(25-29-52(48)57)40-26-30-53-49(33-40)46-18-8-10-20-51(46)58(53)54-34-41-22-21-36-12-3-5-15-43(36)55(41)56-44-16-6-4-13-37(44)24-28-47(54)56/h1-34H. The largest absolute Gasteiger partial charge is 0.309 e. The first-order chi connectivity index (χ1) is 28.8. The third kappa shape index (κ3) is 4.43. The Morgan fingerprint density at radius 1 is 0.241 bits per heavy atom. The van der Waals surface area contributed by atoms with Crippen LogP contribution in [0.25, 0.3) is 120 Å². The molecule has 0 saturated carbocycles. The zero-order chi connectivity index (χ0) is 37.9. The Morgan fingerprint density at radius 3 is 1.41 bits per heavy atom. The van der Waals surface area contributed by atoms with Gasteiger partial charge in [0, 0.05) is 38.0 Å². The van der Waals surface area contributed by atoms with E-state index < -0.39 is 0 Å². The van der Waals surface area contributed by atoms with Gasteiger partial charge < -0.3 is 9.13 Å². The summed E-state index contributed by atoms with van der Waals surface area (Å²) in [6, 6.07) is 76.4. The number of hydrogen-bond acceptors (Lipinski definition) is 0. The molecular weight excluding hydrogens is 701 g/mol. The van der Waals surface area contributed by atoms with Crippen LogP contribution in [0.5, 0.6) is 0 Å². The summed E-state index contributed by atoms with van der Waals surface area (Å²) in [7, 11) is 0. The summed E-state index contributed by atoms with van der Waals surface area (Å²) in [6.45, 7) is 0. The van der Waals surface area contributed by atoms with Crippen molar-refractivity contribution in [3.63, 3.8) is 0 Å². The van der Waals surface area contributed by atoms with Gasteiger partial charge in [0.2, 0.25) is 0 Å². The molecule has 0 amide bonds. The van der Waals surface area contributed by atoms with Gasteiger partial charge >= 0.3 is 0 Å². The number of rotatable bonds is 3. The maximum Gasteiger partial charge on any atom is 0.0547 e. The minimum Gasteiger partial charge on any atom is -0.309 e. The summed E-state index contributed by atoms with van der Waals surface area (Å²) >= 11 is 0. The highest BCUT2D eigenvalue weighted by molar-refractivity contribution is 6.29. The molecule has 0 aliphatic carbocycles. The first-order valence-corrected chi connectivity index (χ1v) is 20.1. The van der Waals surface area contributed by atoms with E-state index in [1.165, 1.54) is 120 Å². The molecule has 2 aromatic heterocycles. The number of benzene rings is 11. The number of fused-ring (bicyclic) bond motifs is 14. The Balaban J connectivity index is 1.04. The van der Waals surface area contributed by atoms with Gasteiger partial charge in [0.05, 0.1) is 27.8 Å². The van der Waals surface area contributed by atoms with Gasteiger partial charge in [-0.25, -0.2) is 0 Å². The number of aromatic nitrogens is 2. The van der Waals surface area contributed by atoms with Gasteiger partial charge in [-0.1, -0.05) is 152 Å². The Hall–Kier alpha value is -7.68. The monoisotopic (exact) mass is 734 g/mol. The molecule has 0 N–H and O–H groups in total. The summed E-state index contributed by atoms with van der Waals surface area (Å²) in [5, 5.41) is 17.7. The van der Waals surface area contributed by atoms with Crippen LogP contribution in [-0.4, -0.2) is 9.13 Å². The van der Waals surface area contributed by atoms with Crippen LogP contribution in [0, 0.1) is 0 Å². The summed E-state index contributed by atoms with van der Waals surface area (Å²) in [5.74, 6) is 0. The maximum absolute atomic E-state index is 2.50. The van der Waals surface area contributed by atoms with Crippen molar-refractivity contribution in [2.24, 2.45) is 0 Å². The molecule has 11 aromatic carbocycles. The molecule has 2 heteroatoms. The predicted octanol–water partition coefficient (Wildman–Crippen LogP) is 15.3. The molecule has 2 nitrogen and oxygen atoms in total. The van der Waals surface area contributed by atoms with E-state index in [9.17, 15) is 0 Å². The summed E-state index contributed by atoms with van der Waals surface area (Å²) < 4.78 is 4.91. The summed E-state index contributed by atoms with van der Waals surface area (Å²) in [6.07, 6.45) is 0. The molecule has 2 heterocycles. The molecule has 0 aliphatic rings. The van der Waals surface area contributed by atoms with E-state index in [0.717, 1.165) is 0 Å². The van der Waals surface area contributed by atoms with Crippen molar-refractivity contribution in [3.8, 4) is 22.5 Å². The fourth-order valence-corrected chi connectivity index (χ4v) is 10.0. The van der Waals surface area contributed by atoms with Gasteiger partial charge in [0.15, 0.2) is 0 Å². The van der Waals surface area contributed by atoms with Gasteiger partial charge in [0.25, 0.3) is 0 Å². The summed E-state index contributed by atoms with van der Waals surface area (Å²) in [5.41, 5.74) is 9.63. The summed E-state index contributed by atoms with van der Waals surface area (Å²) in [4.78, 5) is 0. The molecule has 58 heavy (non-hydrogen) atoms. The Bertz CT molecular complexity index is 3860. The zero-order valence-corrected chi connectivity index (χ0v) is 31.5. The lowest BCUT2D eigenvalue weighted by molar-refractivity contribution is 1.19. The average molecular weight is 735 g/mol. The van der Waals surface area contributed by atoms with E-state index in [2.05, 4.69) is 215 Å². The molecule has 13 aromatic rings. The maximum atomic E-state index is 2.50. The lowest BCUT2D eigenvalue weighted by Gasteiger charge is -2.17. The van der Waals surface area contributed by atoms with Crippen LogP contribution in [0.1, 0.15) is 0 Å². The lowest BCUT2D eigenvalue weighted by atomic mass is 9.92. The second-order valence-electron chi connectivity index (χ2n) is 15.7. The van der Waals surface area contributed by atoms with Gasteiger partial charge in [-0.2, -0.15) is 0 Å². The van der Waals surface area contributed by atoms with E-state index in [1.54, 1.807) is 0 Å². The molecule has 13 rings (SSSR count). The molecule has 0 radical (unpaired) electrons. The second kappa shape index (κ2) is 11.9. The quantitative estimate of drug-likeness (QED) is 0.160. The van der Waals surface area contributed by atoms with Crippen molar-refractivity contribution in [1.82, 2.24) is 9.13 Å². The first kappa shape index (κ1) is 31.5. The van der Waals surface area contributed by atoms with Crippen LogP contribution in [0.2, 0.25) is 0 Å². The van der Waals surface area contributed by atoms with E-state index in [0.29, 0.717) is 0 Å². The lowest BCUT2D eigenvalue weighted by Crippen LogP contribution is -1.97. The highest BCUT2D eigenvalue weighted by Crippen LogP contribution is 2.43. The van der Waals surface area contributed by atoms with Crippen LogP contribution in [0.3, 0.4) is 0 Å². The van der Waals surface area contributed by atoms with Crippen molar-refractivity contribution >= 4 is 97.5 Å². The van der Waals surface area contributed by atoms with E-state index in [-0.39, 0.29) is 0 Å². The first-order valence-electron chi connectivity index (χ1n) is 20.1. The van der Waals surface area contributed by atoms with E-state index in [1.807, 2.05) is 0 Å². The van der Waals surface area contributed by atoms with Crippen molar-refractivity contribution in [3.05, 3.63) is 206 Å². The molecular formula is C56H34N2. The third-order valence-corrected chi connectivity index (χ3v) is 12.6. The third-order valence-electron chi connectivity index (χ3n) is 12.6. The van der Waals surface area contributed by atoms with Crippen LogP contribution in [-0.2, 0) is 0 Å². The SMILES string of the molecule is c1ccc2cc(-n3c4ccccc4c4cc(-c5ccc6c(c5)c5ccccc5n6-c5cc6ccc7ccccc7c6c6c5ccc5ccccc56)ccc43)ccc2c1. The van der Waals surface area contributed by atoms with Gasteiger partial charge in [-0.15, -0.1) is 0 Å². The molecule has 0 spiro atoms. The smallest absolute Gasteiger partial charge is 0.0547 e. The van der Waals surface area contributed by atoms with E-state index >= 15 is 0 Å². The van der Waals surface area contributed by atoms with Crippen molar-refractivity contribution < 1.29 is 0 Å². The van der Waals surface area contributed by atoms with Crippen LogP contribution in [0.15, 0.2) is 206 Å². The van der Waals surface area contributed by atoms with Gasteiger partial charge in [-0.3, -0.25) is 0 Å². The van der Waals surface area contributed by atoms with Crippen LogP contribution < -0.4 is 0 Å². The number of nitrogens with zero attached hydrogens (tertiary/aromatic N) is 2. The average Bonchev–Trinajstić information content (AvgIpc) is 3.80. The molecule has 0 unspecified atom stereocenters. The van der Waals surface area contributed by atoms with Crippen molar-refractivity contribution in [2.75, 3.05) is 0 Å². The van der Waals surface area contributed by atoms with Crippen molar-refractivity contribution in [1.29, 1.82) is 0 Å². The minimum atomic E-state index is 1.18. The van der Waals surface area contributed by atoms with Gasteiger partial charge in [0.1, 0.15) is 0 Å². The highest BCUT2D eigenvalue weighted by atomic mass is 15.0. The number of para-hydroxylation sites is 2. The predicted molar refractivity (Wildman–Crippen MR) is 248 cm³/mol. The molecule has 268 valence electrons. The number of hydrogen-bond donors (Lipinski definition) is 0. The Labute approximate surface area is 334 Å². The topological polar surface area (TPSA) is 9.86 Å². The molecule has 0 saturated heterocycles. The van der Waals surface area contributed by atoms with Crippen molar-refractivity contribution in [2.45, 2.75) is 0 Å². The zero-order valence-electron chi connectivity index (χ0n) is 31.5. The van der Waals surface area contributed by atoms with Crippen LogP contribution >= 0.6 is 0 Å². The fourth-order valence-electron chi connectivity index (χ4n) is 10.0.